The van der Waals surface area contributed by atoms with E-state index in [-0.39, 0.29) is 5.75 Å². The number of sulfonamides is 1. The Morgan fingerprint density at radius 3 is 2.48 bits per heavy atom. The summed E-state index contributed by atoms with van der Waals surface area (Å²) in [7, 11) is -3.34. The van der Waals surface area contributed by atoms with Gasteiger partial charge in [-0.2, -0.15) is 9.40 Å². The van der Waals surface area contributed by atoms with E-state index in [4.69, 9.17) is 4.74 Å². The Balaban J connectivity index is 1.39. The monoisotopic (exact) mass is 417 g/mol. The van der Waals surface area contributed by atoms with Crippen molar-refractivity contribution < 1.29 is 13.2 Å². The van der Waals surface area contributed by atoms with Crippen molar-refractivity contribution in [2.75, 3.05) is 62.3 Å². The standard InChI is InChI=1S/C20H27N5O3S/c1-17-3-2-4-18(13-17)16-29(26,27)25-7-5-24(6-8-25)20-14-19(15-21-22-20)23-9-11-28-12-10-23/h2-4,13-15H,5-12,16H2,1H3. The minimum absolute atomic E-state index is 0.0427. The molecule has 2 fully saturated rings. The van der Waals surface area contributed by atoms with E-state index >= 15 is 0 Å². The van der Waals surface area contributed by atoms with Crippen molar-refractivity contribution in [3.05, 3.63) is 47.7 Å². The van der Waals surface area contributed by atoms with E-state index in [9.17, 15) is 8.42 Å². The Labute approximate surface area is 172 Å². The predicted molar refractivity (Wildman–Crippen MR) is 113 cm³/mol. The van der Waals surface area contributed by atoms with Gasteiger partial charge in [0.05, 0.1) is 30.9 Å². The minimum Gasteiger partial charge on any atom is -0.378 e. The molecule has 0 amide bonds. The average molecular weight is 418 g/mol. The summed E-state index contributed by atoms with van der Waals surface area (Å²) in [6, 6.07) is 9.71. The van der Waals surface area contributed by atoms with Gasteiger partial charge in [0.15, 0.2) is 5.82 Å². The molecule has 0 atom stereocenters. The van der Waals surface area contributed by atoms with Crippen LogP contribution in [0.3, 0.4) is 0 Å². The van der Waals surface area contributed by atoms with Gasteiger partial charge in [-0.05, 0) is 12.5 Å². The highest BCUT2D eigenvalue weighted by Gasteiger charge is 2.28. The number of hydrogen-bond acceptors (Lipinski definition) is 7. The molecule has 156 valence electrons. The maximum absolute atomic E-state index is 12.8. The fourth-order valence-corrected chi connectivity index (χ4v) is 5.30. The van der Waals surface area contributed by atoms with Crippen LogP contribution in [-0.4, -0.2) is 75.4 Å². The first-order valence-corrected chi connectivity index (χ1v) is 11.6. The van der Waals surface area contributed by atoms with Crippen LogP contribution in [0, 0.1) is 6.92 Å². The Morgan fingerprint density at radius 2 is 1.76 bits per heavy atom. The molecule has 4 rings (SSSR count). The molecule has 0 bridgehead atoms. The second-order valence-corrected chi connectivity index (χ2v) is 9.47. The first-order valence-electron chi connectivity index (χ1n) is 9.95. The van der Waals surface area contributed by atoms with Crippen LogP contribution in [0.2, 0.25) is 0 Å². The molecule has 2 aliphatic rings. The summed E-state index contributed by atoms with van der Waals surface area (Å²) in [5, 5.41) is 8.43. The number of rotatable bonds is 5. The van der Waals surface area contributed by atoms with Crippen LogP contribution in [0.1, 0.15) is 11.1 Å². The fraction of sp³-hybridized carbons (Fsp3) is 0.500. The Kier molecular flexibility index (Phi) is 5.98. The largest absolute Gasteiger partial charge is 0.378 e. The van der Waals surface area contributed by atoms with E-state index in [1.54, 1.807) is 10.5 Å². The number of anilines is 2. The third-order valence-electron chi connectivity index (χ3n) is 5.39. The third-order valence-corrected chi connectivity index (χ3v) is 7.24. The Hall–Kier alpha value is -2.23. The Morgan fingerprint density at radius 1 is 1.00 bits per heavy atom. The van der Waals surface area contributed by atoms with Gasteiger partial charge in [0.2, 0.25) is 10.0 Å². The van der Waals surface area contributed by atoms with Gasteiger partial charge >= 0.3 is 0 Å². The van der Waals surface area contributed by atoms with E-state index in [2.05, 4.69) is 20.0 Å². The van der Waals surface area contributed by atoms with Crippen LogP contribution in [0.5, 0.6) is 0 Å². The van der Waals surface area contributed by atoms with Crippen LogP contribution in [0.15, 0.2) is 36.5 Å². The quantitative estimate of drug-likeness (QED) is 0.725. The second-order valence-electron chi connectivity index (χ2n) is 7.50. The summed E-state index contributed by atoms with van der Waals surface area (Å²) in [5.74, 6) is 0.839. The summed E-state index contributed by atoms with van der Waals surface area (Å²) in [6.07, 6.45) is 1.78. The minimum atomic E-state index is -3.34. The van der Waals surface area contributed by atoms with E-state index in [1.165, 1.54) is 0 Å². The van der Waals surface area contributed by atoms with Crippen molar-refractivity contribution >= 4 is 21.5 Å². The zero-order chi connectivity index (χ0) is 20.3. The molecule has 0 aliphatic carbocycles. The summed E-state index contributed by atoms with van der Waals surface area (Å²) < 4.78 is 32.7. The summed E-state index contributed by atoms with van der Waals surface area (Å²) in [5.41, 5.74) is 2.94. The van der Waals surface area contributed by atoms with E-state index in [0.717, 1.165) is 48.9 Å². The highest BCUT2D eigenvalue weighted by Crippen LogP contribution is 2.22. The number of ether oxygens (including phenoxy) is 1. The molecule has 8 nitrogen and oxygen atoms in total. The zero-order valence-electron chi connectivity index (χ0n) is 16.7. The third kappa shape index (κ3) is 4.85. The van der Waals surface area contributed by atoms with Gasteiger partial charge < -0.3 is 14.5 Å². The molecule has 0 saturated carbocycles. The number of morpholine rings is 1. The molecule has 2 aromatic rings. The van der Waals surface area contributed by atoms with Crippen LogP contribution < -0.4 is 9.80 Å². The van der Waals surface area contributed by atoms with Crippen molar-refractivity contribution in [1.29, 1.82) is 0 Å². The smallest absolute Gasteiger partial charge is 0.218 e. The molecular formula is C20H27N5O3S. The summed E-state index contributed by atoms with van der Waals surface area (Å²) in [4.78, 5) is 4.35. The predicted octanol–water partition coefficient (Wildman–Crippen LogP) is 1.27. The van der Waals surface area contributed by atoms with Crippen molar-refractivity contribution in [2.24, 2.45) is 0 Å². The van der Waals surface area contributed by atoms with Gasteiger partial charge in [-0.3, -0.25) is 0 Å². The maximum Gasteiger partial charge on any atom is 0.218 e. The van der Waals surface area contributed by atoms with Crippen LogP contribution in [0.25, 0.3) is 0 Å². The molecule has 1 aromatic carbocycles. The van der Waals surface area contributed by atoms with Gasteiger partial charge in [-0.25, -0.2) is 8.42 Å². The van der Waals surface area contributed by atoms with Gasteiger partial charge in [-0.15, -0.1) is 5.10 Å². The van der Waals surface area contributed by atoms with Crippen molar-refractivity contribution in [1.82, 2.24) is 14.5 Å². The average Bonchev–Trinajstić information content (AvgIpc) is 2.74. The molecule has 0 unspecified atom stereocenters. The Bertz CT molecular complexity index is 939. The van der Waals surface area contributed by atoms with E-state index in [1.807, 2.05) is 37.3 Å². The number of aromatic nitrogens is 2. The van der Waals surface area contributed by atoms with Crippen LogP contribution >= 0.6 is 0 Å². The molecule has 3 heterocycles. The molecule has 2 aliphatic heterocycles. The first-order chi connectivity index (χ1) is 14.0. The van der Waals surface area contributed by atoms with Crippen LogP contribution in [0.4, 0.5) is 11.5 Å². The second kappa shape index (κ2) is 8.64. The van der Waals surface area contributed by atoms with Crippen molar-refractivity contribution in [3.8, 4) is 0 Å². The highest BCUT2D eigenvalue weighted by atomic mass is 32.2. The molecular weight excluding hydrogens is 390 g/mol. The van der Waals surface area contributed by atoms with Gasteiger partial charge in [0.25, 0.3) is 0 Å². The molecule has 0 spiro atoms. The maximum atomic E-state index is 12.8. The number of nitrogens with zero attached hydrogens (tertiary/aromatic N) is 5. The molecule has 0 N–H and O–H groups in total. The van der Waals surface area contributed by atoms with Crippen molar-refractivity contribution in [3.63, 3.8) is 0 Å². The molecule has 0 radical (unpaired) electrons. The lowest BCUT2D eigenvalue weighted by atomic mass is 10.2. The molecule has 29 heavy (non-hydrogen) atoms. The van der Waals surface area contributed by atoms with E-state index < -0.39 is 10.0 Å². The summed E-state index contributed by atoms with van der Waals surface area (Å²) in [6.45, 7) is 7.22. The zero-order valence-corrected chi connectivity index (χ0v) is 17.5. The highest BCUT2D eigenvalue weighted by molar-refractivity contribution is 7.88. The lowest BCUT2D eigenvalue weighted by Gasteiger charge is -2.35. The lowest BCUT2D eigenvalue weighted by Crippen LogP contribution is -2.49. The summed E-state index contributed by atoms with van der Waals surface area (Å²) >= 11 is 0. The number of piperazine rings is 1. The normalized spacial score (nSPS) is 18.8. The first kappa shape index (κ1) is 20.1. The fourth-order valence-electron chi connectivity index (χ4n) is 3.79. The van der Waals surface area contributed by atoms with E-state index in [0.29, 0.717) is 26.2 Å². The number of benzene rings is 1. The van der Waals surface area contributed by atoms with Gasteiger partial charge in [0.1, 0.15) is 0 Å². The van der Waals surface area contributed by atoms with Gasteiger partial charge in [-0.1, -0.05) is 29.8 Å². The number of hydrogen-bond donors (Lipinski definition) is 0. The van der Waals surface area contributed by atoms with Gasteiger partial charge in [0, 0.05) is 45.3 Å². The molecule has 9 heteroatoms. The molecule has 1 aromatic heterocycles. The number of aryl methyl sites for hydroxylation is 1. The topological polar surface area (TPSA) is 78.9 Å². The molecule has 2 saturated heterocycles. The van der Waals surface area contributed by atoms with Crippen LogP contribution in [-0.2, 0) is 20.5 Å². The lowest BCUT2D eigenvalue weighted by molar-refractivity contribution is 0.122. The van der Waals surface area contributed by atoms with Crippen molar-refractivity contribution in [2.45, 2.75) is 12.7 Å². The SMILES string of the molecule is Cc1cccc(CS(=O)(=O)N2CCN(c3cc(N4CCOCC4)cnn3)CC2)c1.